The van der Waals surface area contributed by atoms with E-state index in [1.54, 1.807) is 6.07 Å². The van der Waals surface area contributed by atoms with Gasteiger partial charge in [0.2, 0.25) is 5.75 Å². The van der Waals surface area contributed by atoms with E-state index in [0.717, 1.165) is 0 Å². The highest BCUT2D eigenvalue weighted by Gasteiger charge is 2.29. The van der Waals surface area contributed by atoms with E-state index in [9.17, 15) is 10.1 Å². The van der Waals surface area contributed by atoms with Crippen molar-refractivity contribution in [2.45, 2.75) is 0 Å². The van der Waals surface area contributed by atoms with Gasteiger partial charge in [-0.15, -0.1) is 0 Å². The Morgan fingerprint density at radius 1 is 1.33 bits per heavy atom. The summed E-state index contributed by atoms with van der Waals surface area (Å²) in [6.07, 6.45) is 0. The molecule has 0 saturated heterocycles. The van der Waals surface area contributed by atoms with Crippen LogP contribution in [0.5, 0.6) is 11.5 Å². The van der Waals surface area contributed by atoms with E-state index in [1.807, 2.05) is 0 Å². The summed E-state index contributed by atoms with van der Waals surface area (Å²) in [7, 11) is 0. The minimum absolute atomic E-state index is 0.112. The van der Waals surface area contributed by atoms with Crippen molar-refractivity contribution >= 4 is 37.5 Å². The summed E-state index contributed by atoms with van der Waals surface area (Å²) >= 11 is 6.34. The van der Waals surface area contributed by atoms with Crippen LogP contribution in [0.25, 0.3) is 0 Å². The molecule has 15 heavy (non-hydrogen) atoms. The van der Waals surface area contributed by atoms with E-state index >= 15 is 0 Å². The maximum atomic E-state index is 10.9. The Morgan fingerprint density at radius 3 is 2.67 bits per heavy atom. The van der Waals surface area contributed by atoms with Gasteiger partial charge in [0.25, 0.3) is 0 Å². The molecule has 2 rings (SSSR count). The zero-order valence-corrected chi connectivity index (χ0v) is 10.5. The molecular formula is C8H5Br2NO4. The van der Waals surface area contributed by atoms with Gasteiger partial charge in [-0.3, -0.25) is 10.1 Å². The van der Waals surface area contributed by atoms with Crippen molar-refractivity contribution < 1.29 is 14.4 Å². The highest BCUT2D eigenvalue weighted by atomic mass is 79.9. The monoisotopic (exact) mass is 337 g/mol. The summed E-state index contributed by atoms with van der Waals surface area (Å²) in [6.45, 7) is 0.722. The molecule has 5 nitrogen and oxygen atoms in total. The molecule has 0 aromatic heterocycles. The van der Waals surface area contributed by atoms with E-state index in [4.69, 9.17) is 9.47 Å². The lowest BCUT2D eigenvalue weighted by atomic mass is 10.2. The van der Waals surface area contributed by atoms with E-state index in [-0.39, 0.29) is 11.4 Å². The average Bonchev–Trinajstić information content (AvgIpc) is 2.19. The maximum absolute atomic E-state index is 10.9. The van der Waals surface area contributed by atoms with Gasteiger partial charge in [0.15, 0.2) is 5.75 Å². The van der Waals surface area contributed by atoms with E-state index in [0.29, 0.717) is 27.9 Å². The van der Waals surface area contributed by atoms with Crippen LogP contribution in [0.15, 0.2) is 15.0 Å². The summed E-state index contributed by atoms with van der Waals surface area (Å²) < 4.78 is 11.4. The van der Waals surface area contributed by atoms with Crippen molar-refractivity contribution in [2.75, 3.05) is 13.2 Å². The number of halogens is 2. The maximum Gasteiger partial charge on any atom is 0.330 e. The lowest BCUT2D eigenvalue weighted by Gasteiger charge is -2.18. The number of rotatable bonds is 1. The Morgan fingerprint density at radius 2 is 2.00 bits per heavy atom. The van der Waals surface area contributed by atoms with Crippen LogP contribution >= 0.6 is 31.9 Å². The molecule has 1 aliphatic rings. The van der Waals surface area contributed by atoms with Gasteiger partial charge in [-0.2, -0.15) is 0 Å². The Labute approximate surface area is 102 Å². The van der Waals surface area contributed by atoms with Gasteiger partial charge >= 0.3 is 5.69 Å². The van der Waals surface area contributed by atoms with Crippen LogP contribution in [0.3, 0.4) is 0 Å². The van der Waals surface area contributed by atoms with Crippen molar-refractivity contribution in [3.63, 3.8) is 0 Å². The van der Waals surface area contributed by atoms with Gasteiger partial charge in [0, 0.05) is 4.47 Å². The molecule has 0 atom stereocenters. The first-order chi connectivity index (χ1) is 7.11. The minimum atomic E-state index is -0.498. The quantitative estimate of drug-likeness (QED) is 0.583. The third-order valence-corrected chi connectivity index (χ3v) is 3.84. The lowest BCUT2D eigenvalue weighted by Crippen LogP contribution is -2.16. The lowest BCUT2D eigenvalue weighted by molar-refractivity contribution is -0.387. The molecule has 0 bridgehead atoms. The first-order valence-electron chi connectivity index (χ1n) is 4.03. The summed E-state index contributed by atoms with van der Waals surface area (Å²) in [6, 6.07) is 1.64. The van der Waals surface area contributed by atoms with Gasteiger partial charge in [0.05, 0.1) is 4.92 Å². The van der Waals surface area contributed by atoms with Crippen molar-refractivity contribution in [1.29, 1.82) is 0 Å². The predicted octanol–water partition coefficient (Wildman–Crippen LogP) is 2.89. The number of hydrogen-bond donors (Lipinski definition) is 0. The Kier molecular flexibility index (Phi) is 2.83. The molecule has 1 aromatic rings. The third-order valence-electron chi connectivity index (χ3n) is 1.88. The summed E-state index contributed by atoms with van der Waals surface area (Å²) in [5, 5.41) is 10.9. The van der Waals surface area contributed by atoms with Crippen LogP contribution in [0.4, 0.5) is 5.69 Å². The van der Waals surface area contributed by atoms with Crippen molar-refractivity contribution in [3.8, 4) is 11.5 Å². The standard InChI is InChI=1S/C8H5Br2NO4/c9-4-3-5-8(15-2-1-14-5)7(6(4)10)11(12)13/h3H,1-2H2. The second kappa shape index (κ2) is 3.97. The molecule has 0 fully saturated rings. The van der Waals surface area contributed by atoms with Gasteiger partial charge in [-0.05, 0) is 37.9 Å². The van der Waals surface area contributed by atoms with Gasteiger partial charge in [0.1, 0.15) is 17.7 Å². The molecule has 0 unspecified atom stereocenters. The fraction of sp³-hybridized carbons (Fsp3) is 0.250. The van der Waals surface area contributed by atoms with Crippen molar-refractivity contribution in [2.24, 2.45) is 0 Å². The number of nitro groups is 1. The topological polar surface area (TPSA) is 61.6 Å². The van der Waals surface area contributed by atoms with E-state index in [1.165, 1.54) is 0 Å². The molecule has 0 aliphatic carbocycles. The van der Waals surface area contributed by atoms with Gasteiger partial charge in [-0.1, -0.05) is 0 Å². The zero-order valence-electron chi connectivity index (χ0n) is 7.33. The molecule has 1 aromatic carbocycles. The Balaban J connectivity index is 2.68. The predicted molar refractivity (Wildman–Crippen MR) is 59.5 cm³/mol. The largest absolute Gasteiger partial charge is 0.486 e. The molecule has 0 spiro atoms. The summed E-state index contributed by atoms with van der Waals surface area (Å²) in [5.74, 6) is 0.573. The van der Waals surface area contributed by atoms with Crippen molar-refractivity contribution in [3.05, 3.63) is 25.1 Å². The molecule has 0 N–H and O–H groups in total. The van der Waals surface area contributed by atoms with E-state index < -0.39 is 4.92 Å². The fourth-order valence-corrected chi connectivity index (χ4v) is 2.11. The van der Waals surface area contributed by atoms with Gasteiger partial charge in [-0.25, -0.2) is 0 Å². The smallest absolute Gasteiger partial charge is 0.330 e. The van der Waals surface area contributed by atoms with Gasteiger partial charge < -0.3 is 9.47 Å². The number of nitrogens with zero attached hydrogens (tertiary/aromatic N) is 1. The van der Waals surface area contributed by atoms with Crippen LogP contribution in [-0.2, 0) is 0 Å². The van der Waals surface area contributed by atoms with Crippen LogP contribution < -0.4 is 9.47 Å². The third kappa shape index (κ3) is 1.81. The second-order valence-corrected chi connectivity index (χ2v) is 4.45. The second-order valence-electron chi connectivity index (χ2n) is 2.80. The zero-order chi connectivity index (χ0) is 11.0. The number of fused-ring (bicyclic) bond motifs is 1. The fourth-order valence-electron chi connectivity index (χ4n) is 1.28. The van der Waals surface area contributed by atoms with Crippen LogP contribution in [0.2, 0.25) is 0 Å². The Hall–Kier alpha value is -0.820. The molecule has 0 saturated carbocycles. The van der Waals surface area contributed by atoms with E-state index in [2.05, 4.69) is 31.9 Å². The number of ether oxygens (including phenoxy) is 2. The molecule has 0 radical (unpaired) electrons. The molecule has 1 heterocycles. The summed E-state index contributed by atoms with van der Waals surface area (Å²) in [4.78, 5) is 10.4. The van der Waals surface area contributed by atoms with Crippen LogP contribution in [0.1, 0.15) is 0 Å². The first kappa shape index (κ1) is 10.7. The normalized spacial score (nSPS) is 13.7. The van der Waals surface area contributed by atoms with Crippen LogP contribution in [0, 0.1) is 10.1 Å². The summed E-state index contributed by atoms with van der Waals surface area (Å²) in [5.41, 5.74) is -0.112. The SMILES string of the molecule is O=[N+]([O-])c1c(Br)c(Br)cc2c1OCCO2. The highest BCUT2D eigenvalue weighted by Crippen LogP contribution is 2.47. The average molecular weight is 339 g/mol. The molecular weight excluding hydrogens is 334 g/mol. The highest BCUT2D eigenvalue weighted by molar-refractivity contribution is 9.13. The molecule has 7 heteroatoms. The Bertz CT molecular complexity index is 435. The van der Waals surface area contributed by atoms with Crippen LogP contribution in [-0.4, -0.2) is 18.1 Å². The number of hydrogen-bond acceptors (Lipinski definition) is 4. The molecule has 1 aliphatic heterocycles. The molecule has 0 amide bonds. The van der Waals surface area contributed by atoms with Crippen molar-refractivity contribution in [1.82, 2.24) is 0 Å². The number of nitro benzene ring substituents is 1. The number of benzene rings is 1. The first-order valence-corrected chi connectivity index (χ1v) is 5.62. The molecule has 80 valence electrons. The minimum Gasteiger partial charge on any atom is -0.486 e.